The molecule has 0 bridgehead atoms. The minimum Gasteiger partial charge on any atom is -0.495 e. The van der Waals surface area contributed by atoms with Gasteiger partial charge in [-0.25, -0.2) is 0 Å². The minimum atomic E-state index is -0.859. The van der Waals surface area contributed by atoms with Gasteiger partial charge in [0.2, 0.25) is 5.91 Å². The molecule has 0 saturated heterocycles. The zero-order chi connectivity index (χ0) is 22.0. The van der Waals surface area contributed by atoms with Crippen molar-refractivity contribution >= 4 is 40.5 Å². The van der Waals surface area contributed by atoms with Gasteiger partial charge in [-0.05, 0) is 30.2 Å². The van der Waals surface area contributed by atoms with Gasteiger partial charge in [0, 0.05) is 11.8 Å². The maximum atomic E-state index is 12.9. The van der Waals surface area contributed by atoms with Crippen LogP contribution < -0.4 is 19.7 Å². The molecule has 1 aliphatic rings. The molecule has 10 heteroatoms. The molecule has 9 nitrogen and oxygen atoms in total. The molecule has 0 spiro atoms. The van der Waals surface area contributed by atoms with Gasteiger partial charge in [0.25, 0.3) is 11.6 Å². The fraction of sp³-hybridized carbons (Fsp3) is 0.300. The molecule has 0 aromatic heterocycles. The number of hydrogen-bond donors (Lipinski definition) is 1. The summed E-state index contributed by atoms with van der Waals surface area (Å²) in [6.07, 6.45) is -0.859. The number of nitrogens with zero attached hydrogens (tertiary/aromatic N) is 2. The van der Waals surface area contributed by atoms with Crippen molar-refractivity contribution in [3.05, 3.63) is 51.5 Å². The van der Waals surface area contributed by atoms with Crippen LogP contribution in [0, 0.1) is 16.0 Å². The maximum absolute atomic E-state index is 12.9. The number of amides is 2. The third kappa shape index (κ3) is 4.30. The van der Waals surface area contributed by atoms with Crippen LogP contribution in [0.15, 0.2) is 36.4 Å². The van der Waals surface area contributed by atoms with Crippen LogP contribution >= 0.6 is 11.6 Å². The predicted octanol–water partition coefficient (Wildman–Crippen LogP) is 3.65. The first-order valence-electron chi connectivity index (χ1n) is 9.11. The smallest absolute Gasteiger partial charge is 0.273 e. The summed E-state index contributed by atoms with van der Waals surface area (Å²) in [6, 6.07) is 8.69. The van der Waals surface area contributed by atoms with Crippen molar-refractivity contribution in [2.45, 2.75) is 20.0 Å². The molecule has 0 fully saturated rings. The minimum absolute atomic E-state index is 0.164. The lowest BCUT2D eigenvalue weighted by Crippen LogP contribution is -2.50. The van der Waals surface area contributed by atoms with Crippen LogP contribution in [0.4, 0.5) is 17.1 Å². The van der Waals surface area contributed by atoms with Crippen molar-refractivity contribution in [3.63, 3.8) is 0 Å². The monoisotopic (exact) mass is 433 g/mol. The molecule has 158 valence electrons. The number of non-ortho nitro benzene ring substituents is 1. The zero-order valence-corrected chi connectivity index (χ0v) is 17.3. The number of carbonyl (C=O) groups is 2. The first-order chi connectivity index (χ1) is 14.2. The number of hydrogen-bond acceptors (Lipinski definition) is 6. The highest BCUT2D eigenvalue weighted by molar-refractivity contribution is 6.32. The Balaban J connectivity index is 1.86. The van der Waals surface area contributed by atoms with E-state index in [0.717, 1.165) is 0 Å². The van der Waals surface area contributed by atoms with Crippen LogP contribution in [0.25, 0.3) is 0 Å². The number of fused-ring (bicyclic) bond motifs is 1. The molecule has 1 heterocycles. The Morgan fingerprint density at radius 1 is 1.33 bits per heavy atom. The molecule has 1 unspecified atom stereocenters. The van der Waals surface area contributed by atoms with Gasteiger partial charge >= 0.3 is 0 Å². The van der Waals surface area contributed by atoms with E-state index in [-0.39, 0.29) is 23.9 Å². The highest BCUT2D eigenvalue weighted by atomic mass is 35.5. The SMILES string of the molecule is COc1ccc(NC(=O)CN2C(=O)C(C(C)C)Oc3cc([N+](=O)[O-])ccc32)cc1Cl. The molecule has 0 saturated carbocycles. The summed E-state index contributed by atoms with van der Waals surface area (Å²) in [4.78, 5) is 37.4. The molecule has 0 radical (unpaired) electrons. The first kappa shape index (κ1) is 21.4. The molecule has 1 N–H and O–H groups in total. The maximum Gasteiger partial charge on any atom is 0.273 e. The molecule has 1 aliphatic heterocycles. The lowest BCUT2D eigenvalue weighted by Gasteiger charge is -2.35. The number of ether oxygens (including phenoxy) is 2. The average Bonchev–Trinajstić information content (AvgIpc) is 2.69. The highest BCUT2D eigenvalue weighted by Gasteiger charge is 2.38. The van der Waals surface area contributed by atoms with E-state index in [2.05, 4.69) is 5.32 Å². The summed E-state index contributed by atoms with van der Waals surface area (Å²) in [5.41, 5.74) is 0.573. The lowest BCUT2D eigenvalue weighted by atomic mass is 10.0. The van der Waals surface area contributed by atoms with Gasteiger partial charge in [-0.15, -0.1) is 0 Å². The summed E-state index contributed by atoms with van der Waals surface area (Å²) in [5, 5.41) is 14.1. The highest BCUT2D eigenvalue weighted by Crippen LogP contribution is 2.38. The number of carbonyl (C=O) groups excluding carboxylic acids is 2. The molecule has 0 aliphatic carbocycles. The Morgan fingerprint density at radius 3 is 2.67 bits per heavy atom. The van der Waals surface area contributed by atoms with Gasteiger partial charge in [-0.1, -0.05) is 25.4 Å². The van der Waals surface area contributed by atoms with Crippen molar-refractivity contribution in [1.29, 1.82) is 0 Å². The van der Waals surface area contributed by atoms with Gasteiger partial charge in [0.15, 0.2) is 11.9 Å². The number of methoxy groups -OCH3 is 1. The van der Waals surface area contributed by atoms with Crippen LogP contribution in [0.2, 0.25) is 5.02 Å². The molecule has 2 aromatic carbocycles. The standard InChI is InChI=1S/C20H20ClN3O6/c1-11(2)19-20(26)23(15-6-5-13(24(27)28)9-17(15)30-19)10-18(25)22-12-4-7-16(29-3)14(21)8-12/h4-9,11,19H,10H2,1-3H3,(H,22,25). The van der Waals surface area contributed by atoms with Crippen LogP contribution in [0.3, 0.4) is 0 Å². The van der Waals surface area contributed by atoms with Crippen molar-refractivity contribution in [1.82, 2.24) is 0 Å². The average molecular weight is 434 g/mol. The summed E-state index contributed by atoms with van der Waals surface area (Å²) < 4.78 is 10.8. The molecular weight excluding hydrogens is 414 g/mol. The Labute approximate surface area is 177 Å². The normalized spacial score (nSPS) is 15.4. The number of halogens is 1. The van der Waals surface area contributed by atoms with Crippen molar-refractivity contribution in [3.8, 4) is 11.5 Å². The largest absolute Gasteiger partial charge is 0.495 e. The summed E-state index contributed by atoms with van der Waals surface area (Å²) in [7, 11) is 1.48. The van der Waals surface area contributed by atoms with E-state index in [1.165, 1.54) is 36.3 Å². The number of benzene rings is 2. The zero-order valence-electron chi connectivity index (χ0n) is 16.5. The van der Waals surface area contributed by atoms with E-state index in [4.69, 9.17) is 21.1 Å². The Morgan fingerprint density at radius 2 is 2.07 bits per heavy atom. The summed E-state index contributed by atoms with van der Waals surface area (Å²) in [5.74, 6) is -0.403. The van der Waals surface area contributed by atoms with E-state index in [9.17, 15) is 19.7 Å². The van der Waals surface area contributed by atoms with E-state index in [0.29, 0.717) is 22.1 Å². The predicted molar refractivity (Wildman–Crippen MR) is 111 cm³/mol. The molecule has 2 aromatic rings. The van der Waals surface area contributed by atoms with E-state index < -0.39 is 22.8 Å². The number of nitro benzene ring substituents is 1. The second kappa shape index (κ2) is 8.58. The Kier molecular flexibility index (Phi) is 6.12. The molecular formula is C20H20ClN3O6. The summed E-state index contributed by atoms with van der Waals surface area (Å²) >= 11 is 6.08. The fourth-order valence-electron chi connectivity index (χ4n) is 3.07. The number of nitrogens with one attached hydrogen (secondary N) is 1. The van der Waals surface area contributed by atoms with Gasteiger partial charge in [0.05, 0.1) is 28.8 Å². The van der Waals surface area contributed by atoms with E-state index >= 15 is 0 Å². The van der Waals surface area contributed by atoms with Crippen molar-refractivity contribution in [2.75, 3.05) is 23.9 Å². The van der Waals surface area contributed by atoms with E-state index in [1.54, 1.807) is 26.0 Å². The molecule has 1 atom stereocenters. The van der Waals surface area contributed by atoms with Gasteiger partial charge in [-0.3, -0.25) is 24.6 Å². The number of nitro groups is 1. The summed E-state index contributed by atoms with van der Waals surface area (Å²) in [6.45, 7) is 3.30. The number of rotatable bonds is 6. The quantitative estimate of drug-likeness (QED) is 0.549. The molecule has 30 heavy (non-hydrogen) atoms. The second-order valence-corrected chi connectivity index (χ2v) is 7.42. The van der Waals surface area contributed by atoms with Gasteiger partial charge in [0.1, 0.15) is 12.3 Å². The lowest BCUT2D eigenvalue weighted by molar-refractivity contribution is -0.384. The van der Waals surface area contributed by atoms with Gasteiger partial charge < -0.3 is 14.8 Å². The van der Waals surface area contributed by atoms with Crippen LogP contribution in [0.5, 0.6) is 11.5 Å². The van der Waals surface area contributed by atoms with Gasteiger partial charge in [-0.2, -0.15) is 0 Å². The van der Waals surface area contributed by atoms with Crippen molar-refractivity contribution in [2.24, 2.45) is 5.92 Å². The Bertz CT molecular complexity index is 1010. The Hall–Kier alpha value is -3.33. The third-order valence-corrected chi connectivity index (χ3v) is 4.85. The topological polar surface area (TPSA) is 111 Å². The first-order valence-corrected chi connectivity index (χ1v) is 9.49. The van der Waals surface area contributed by atoms with Crippen LogP contribution in [0.1, 0.15) is 13.8 Å². The third-order valence-electron chi connectivity index (χ3n) is 4.55. The molecule has 3 rings (SSSR count). The number of anilines is 2. The van der Waals surface area contributed by atoms with Crippen LogP contribution in [-0.2, 0) is 9.59 Å². The molecule has 2 amide bonds. The second-order valence-electron chi connectivity index (χ2n) is 7.01. The van der Waals surface area contributed by atoms with E-state index in [1.807, 2.05) is 0 Å². The fourth-order valence-corrected chi connectivity index (χ4v) is 3.32. The van der Waals surface area contributed by atoms with Crippen molar-refractivity contribution < 1.29 is 24.0 Å². The van der Waals surface area contributed by atoms with Crippen LogP contribution in [-0.4, -0.2) is 36.5 Å².